The summed E-state index contributed by atoms with van der Waals surface area (Å²) in [6, 6.07) is -0.000844. The zero-order chi connectivity index (χ0) is 17.5. The van der Waals surface area contributed by atoms with Crippen LogP contribution in [0.4, 0.5) is 10.6 Å². The first-order valence-corrected chi connectivity index (χ1v) is 9.39. The summed E-state index contributed by atoms with van der Waals surface area (Å²) in [6.45, 7) is 6.39. The van der Waals surface area contributed by atoms with Crippen LogP contribution >= 0.6 is 0 Å². The maximum absolute atomic E-state index is 12.3. The maximum Gasteiger partial charge on any atom is 0.317 e. The van der Waals surface area contributed by atoms with Gasteiger partial charge in [0.1, 0.15) is 5.82 Å². The molecule has 2 amide bonds. The molecule has 1 saturated heterocycles. The summed E-state index contributed by atoms with van der Waals surface area (Å²) in [5.74, 6) is 1.51. The molecule has 2 aliphatic rings. The van der Waals surface area contributed by atoms with Gasteiger partial charge >= 0.3 is 6.03 Å². The minimum atomic E-state index is -0.000844. The van der Waals surface area contributed by atoms with E-state index in [-0.39, 0.29) is 6.03 Å². The molecule has 0 radical (unpaired) electrons. The molecule has 1 saturated carbocycles. The van der Waals surface area contributed by atoms with Crippen molar-refractivity contribution in [2.45, 2.75) is 38.7 Å². The molecule has 0 spiro atoms. The first-order valence-electron chi connectivity index (χ1n) is 9.39. The third kappa shape index (κ3) is 5.04. The van der Waals surface area contributed by atoms with Gasteiger partial charge in [-0.2, -0.15) is 0 Å². The van der Waals surface area contributed by atoms with Crippen molar-refractivity contribution in [3.63, 3.8) is 0 Å². The molecule has 2 fully saturated rings. The molecule has 1 N–H and O–H groups in total. The lowest BCUT2D eigenvalue weighted by Crippen LogP contribution is -2.52. The second-order valence-electron chi connectivity index (χ2n) is 6.94. The molecule has 2 atom stereocenters. The quantitative estimate of drug-likeness (QED) is 0.824. The number of urea groups is 1. The van der Waals surface area contributed by atoms with E-state index in [0.29, 0.717) is 38.3 Å². The molecule has 3 rings (SSSR count). The Morgan fingerprint density at radius 2 is 2.04 bits per heavy atom. The van der Waals surface area contributed by atoms with Crippen LogP contribution in [0.5, 0.6) is 0 Å². The number of nitrogens with zero attached hydrogens (tertiary/aromatic N) is 4. The van der Waals surface area contributed by atoms with Crippen LogP contribution in [-0.2, 0) is 4.74 Å². The Bertz CT molecular complexity index is 534. The Balaban J connectivity index is 1.33. The van der Waals surface area contributed by atoms with Crippen molar-refractivity contribution in [3.8, 4) is 0 Å². The van der Waals surface area contributed by atoms with Crippen LogP contribution in [0.25, 0.3) is 0 Å². The molecule has 0 bridgehead atoms. The van der Waals surface area contributed by atoms with Crippen molar-refractivity contribution in [1.82, 2.24) is 20.2 Å². The van der Waals surface area contributed by atoms with E-state index in [9.17, 15) is 4.79 Å². The number of piperazine rings is 1. The van der Waals surface area contributed by atoms with Crippen molar-refractivity contribution in [3.05, 3.63) is 18.6 Å². The van der Waals surface area contributed by atoms with Crippen LogP contribution in [0.15, 0.2) is 18.6 Å². The molecule has 0 aromatic carbocycles. The number of amides is 2. The number of carbonyl (C=O) groups is 1. The Morgan fingerprint density at radius 1 is 1.24 bits per heavy atom. The molecule has 0 unspecified atom stereocenters. The predicted octanol–water partition coefficient (Wildman–Crippen LogP) is 1.90. The summed E-state index contributed by atoms with van der Waals surface area (Å²) >= 11 is 0. The summed E-state index contributed by atoms with van der Waals surface area (Å²) < 4.78 is 5.95. The molecule has 138 valence electrons. The Hall–Kier alpha value is -1.89. The van der Waals surface area contributed by atoms with Gasteiger partial charge in [-0.3, -0.25) is 4.98 Å². The van der Waals surface area contributed by atoms with Gasteiger partial charge in [-0.15, -0.1) is 0 Å². The lowest BCUT2D eigenvalue weighted by atomic mass is 9.88. The lowest BCUT2D eigenvalue weighted by Gasteiger charge is -2.35. The van der Waals surface area contributed by atoms with Gasteiger partial charge in [0, 0.05) is 45.1 Å². The van der Waals surface area contributed by atoms with E-state index < -0.39 is 0 Å². The van der Waals surface area contributed by atoms with Crippen LogP contribution in [0, 0.1) is 5.92 Å². The Morgan fingerprint density at radius 3 is 2.76 bits per heavy atom. The third-order valence-electron chi connectivity index (χ3n) is 5.18. The van der Waals surface area contributed by atoms with Gasteiger partial charge in [-0.25, -0.2) is 9.78 Å². The third-order valence-corrected chi connectivity index (χ3v) is 5.18. The highest BCUT2D eigenvalue weighted by molar-refractivity contribution is 5.74. The summed E-state index contributed by atoms with van der Waals surface area (Å²) in [7, 11) is 0. The first kappa shape index (κ1) is 17.9. The van der Waals surface area contributed by atoms with E-state index >= 15 is 0 Å². The van der Waals surface area contributed by atoms with E-state index in [1.165, 1.54) is 19.3 Å². The largest absolute Gasteiger partial charge is 0.376 e. The van der Waals surface area contributed by atoms with Crippen LogP contribution in [0.3, 0.4) is 0 Å². The van der Waals surface area contributed by atoms with Gasteiger partial charge in [0.05, 0.1) is 18.9 Å². The average Bonchev–Trinajstić information content (AvgIpc) is 2.67. The molecule has 1 aliphatic heterocycles. The average molecular weight is 347 g/mol. The zero-order valence-electron chi connectivity index (χ0n) is 15.1. The fraction of sp³-hybridized carbons (Fsp3) is 0.722. The molecular formula is C18H29N5O2. The fourth-order valence-electron chi connectivity index (χ4n) is 3.60. The molecule has 1 aromatic heterocycles. The van der Waals surface area contributed by atoms with Gasteiger partial charge in [0.2, 0.25) is 0 Å². The van der Waals surface area contributed by atoms with Crippen LogP contribution < -0.4 is 10.2 Å². The number of carbonyl (C=O) groups excluding carboxylic acids is 1. The molecular weight excluding hydrogens is 318 g/mol. The number of hydrogen-bond donors (Lipinski definition) is 1. The number of aromatic nitrogens is 2. The highest BCUT2D eigenvalue weighted by atomic mass is 16.5. The minimum absolute atomic E-state index is 0.000844. The van der Waals surface area contributed by atoms with Gasteiger partial charge in [0.25, 0.3) is 0 Å². The van der Waals surface area contributed by atoms with Crippen LogP contribution in [0.1, 0.15) is 32.6 Å². The van der Waals surface area contributed by atoms with Crippen molar-refractivity contribution in [2.75, 3.05) is 44.2 Å². The van der Waals surface area contributed by atoms with Crippen molar-refractivity contribution < 1.29 is 9.53 Å². The molecule has 1 aliphatic carbocycles. The van der Waals surface area contributed by atoms with Crippen molar-refractivity contribution >= 4 is 11.8 Å². The minimum Gasteiger partial charge on any atom is -0.376 e. The second kappa shape index (κ2) is 8.99. The number of nitrogens with one attached hydrogen (secondary N) is 1. The highest BCUT2D eigenvalue weighted by Crippen LogP contribution is 2.25. The molecule has 7 heteroatoms. The van der Waals surface area contributed by atoms with E-state index in [1.54, 1.807) is 18.6 Å². The molecule has 7 nitrogen and oxygen atoms in total. The molecule has 1 aromatic rings. The number of anilines is 1. The van der Waals surface area contributed by atoms with E-state index in [0.717, 1.165) is 25.3 Å². The molecule has 2 heterocycles. The second-order valence-corrected chi connectivity index (χ2v) is 6.94. The first-order chi connectivity index (χ1) is 12.2. The normalized spacial score (nSPS) is 24.2. The standard InChI is InChI=1S/C18H29N5O2/c1-15-4-2-3-5-16(15)25-13-8-21-18(24)23-11-9-22(10-12-23)17-14-19-6-7-20-17/h6-7,14-16H,2-5,8-13H2,1H3,(H,21,24)/t15-,16-/m0/s1. The Labute approximate surface area is 149 Å². The SMILES string of the molecule is C[C@H]1CCCC[C@@H]1OCCNC(=O)N1CCN(c2cnccn2)CC1. The van der Waals surface area contributed by atoms with Crippen LogP contribution in [-0.4, -0.2) is 66.3 Å². The number of rotatable bonds is 5. The highest BCUT2D eigenvalue weighted by Gasteiger charge is 2.23. The fourth-order valence-corrected chi connectivity index (χ4v) is 3.60. The number of ether oxygens (including phenoxy) is 1. The van der Waals surface area contributed by atoms with Gasteiger partial charge < -0.3 is 19.9 Å². The Kier molecular flexibility index (Phi) is 6.44. The van der Waals surface area contributed by atoms with E-state index in [1.807, 2.05) is 4.90 Å². The van der Waals surface area contributed by atoms with E-state index in [4.69, 9.17) is 4.74 Å². The van der Waals surface area contributed by atoms with E-state index in [2.05, 4.69) is 27.1 Å². The predicted molar refractivity (Wildman–Crippen MR) is 96.6 cm³/mol. The zero-order valence-corrected chi connectivity index (χ0v) is 15.1. The topological polar surface area (TPSA) is 70.6 Å². The maximum atomic E-state index is 12.3. The number of hydrogen-bond acceptors (Lipinski definition) is 5. The van der Waals surface area contributed by atoms with Gasteiger partial charge in [0.15, 0.2) is 0 Å². The lowest BCUT2D eigenvalue weighted by molar-refractivity contribution is -0.00272. The summed E-state index contributed by atoms with van der Waals surface area (Å²) in [5, 5.41) is 2.98. The van der Waals surface area contributed by atoms with Crippen molar-refractivity contribution in [1.29, 1.82) is 0 Å². The molecule has 25 heavy (non-hydrogen) atoms. The van der Waals surface area contributed by atoms with Gasteiger partial charge in [-0.05, 0) is 18.8 Å². The monoisotopic (exact) mass is 347 g/mol. The van der Waals surface area contributed by atoms with Crippen molar-refractivity contribution in [2.24, 2.45) is 5.92 Å². The smallest absolute Gasteiger partial charge is 0.317 e. The summed E-state index contributed by atoms with van der Waals surface area (Å²) in [6.07, 6.45) is 10.5. The summed E-state index contributed by atoms with van der Waals surface area (Å²) in [5.41, 5.74) is 0. The van der Waals surface area contributed by atoms with Gasteiger partial charge in [-0.1, -0.05) is 19.8 Å². The van der Waals surface area contributed by atoms with Crippen LogP contribution in [0.2, 0.25) is 0 Å². The summed E-state index contributed by atoms with van der Waals surface area (Å²) in [4.78, 5) is 24.7.